The lowest BCUT2D eigenvalue weighted by Gasteiger charge is -2.23. The maximum Gasteiger partial charge on any atom is 0.249 e. The van der Waals surface area contributed by atoms with Gasteiger partial charge in [0.2, 0.25) is 11.8 Å². The Morgan fingerprint density at radius 1 is 1.55 bits per heavy atom. The summed E-state index contributed by atoms with van der Waals surface area (Å²) >= 11 is 0. The number of imide groups is 1. The standard InChI is InChI=1S/C15H22N2O3/c1-4-6-12(10-11(3)20-9-5-2)16-13-7-8-14(18)17-15(13)19/h4,6,10,13,16H,3,5,7-9H2,1-2H3,(H,17,18,19)/b6-4-,12-10+. The van der Waals surface area contributed by atoms with Gasteiger partial charge < -0.3 is 10.1 Å². The molecule has 110 valence electrons. The van der Waals surface area contributed by atoms with Gasteiger partial charge in [-0.2, -0.15) is 0 Å². The third-order valence-corrected chi connectivity index (χ3v) is 2.73. The molecular weight excluding hydrogens is 256 g/mol. The quantitative estimate of drug-likeness (QED) is 0.423. The monoisotopic (exact) mass is 278 g/mol. The molecule has 1 unspecified atom stereocenters. The number of rotatable bonds is 7. The predicted octanol–water partition coefficient (Wildman–Crippen LogP) is 1.78. The van der Waals surface area contributed by atoms with Gasteiger partial charge in [-0.25, -0.2) is 0 Å². The molecule has 2 amide bonds. The van der Waals surface area contributed by atoms with Crippen LogP contribution in [0.2, 0.25) is 0 Å². The number of allylic oxidation sites excluding steroid dienone is 3. The molecule has 0 aliphatic carbocycles. The number of hydrogen-bond acceptors (Lipinski definition) is 4. The molecular formula is C15H22N2O3. The SMILES string of the molecule is C=C(/C=C(\C=C/C)NC1CCC(=O)NC1=O)OCCC. The second-order valence-electron chi connectivity index (χ2n) is 4.56. The van der Waals surface area contributed by atoms with E-state index in [-0.39, 0.29) is 11.8 Å². The molecule has 1 aliphatic heterocycles. The number of amides is 2. The molecule has 1 aliphatic rings. The van der Waals surface area contributed by atoms with E-state index in [9.17, 15) is 9.59 Å². The molecule has 1 heterocycles. The molecule has 5 nitrogen and oxygen atoms in total. The van der Waals surface area contributed by atoms with Crippen molar-refractivity contribution in [3.63, 3.8) is 0 Å². The maximum atomic E-state index is 11.7. The van der Waals surface area contributed by atoms with Crippen molar-refractivity contribution in [3.05, 3.63) is 36.3 Å². The first-order valence-corrected chi connectivity index (χ1v) is 6.83. The Hall–Kier alpha value is -2.04. The van der Waals surface area contributed by atoms with E-state index < -0.39 is 6.04 Å². The highest BCUT2D eigenvalue weighted by molar-refractivity contribution is 6.00. The number of carbonyl (C=O) groups excluding carboxylic acids is 2. The van der Waals surface area contributed by atoms with Gasteiger partial charge in [0.1, 0.15) is 11.8 Å². The molecule has 1 fully saturated rings. The minimum Gasteiger partial charge on any atom is -0.494 e. The first kappa shape index (κ1) is 16.0. The zero-order valence-corrected chi connectivity index (χ0v) is 12.1. The molecule has 0 aromatic heterocycles. The van der Waals surface area contributed by atoms with Crippen molar-refractivity contribution >= 4 is 11.8 Å². The van der Waals surface area contributed by atoms with Gasteiger partial charge in [0.05, 0.1) is 6.61 Å². The summed E-state index contributed by atoms with van der Waals surface area (Å²) in [6, 6.07) is -0.408. The molecule has 0 aromatic carbocycles. The van der Waals surface area contributed by atoms with Crippen LogP contribution in [0.25, 0.3) is 0 Å². The summed E-state index contributed by atoms with van der Waals surface area (Å²) in [6.45, 7) is 8.32. The molecule has 1 rings (SSSR count). The zero-order valence-electron chi connectivity index (χ0n) is 12.1. The van der Waals surface area contributed by atoms with Crippen LogP contribution in [0, 0.1) is 0 Å². The number of carbonyl (C=O) groups is 2. The highest BCUT2D eigenvalue weighted by atomic mass is 16.5. The smallest absolute Gasteiger partial charge is 0.249 e. The van der Waals surface area contributed by atoms with Crippen LogP contribution in [0.3, 0.4) is 0 Å². The average Bonchev–Trinajstić information content (AvgIpc) is 2.40. The Morgan fingerprint density at radius 2 is 2.30 bits per heavy atom. The van der Waals surface area contributed by atoms with Crippen LogP contribution >= 0.6 is 0 Å². The molecule has 0 spiro atoms. The lowest BCUT2D eigenvalue weighted by atomic mass is 10.1. The van der Waals surface area contributed by atoms with Gasteiger partial charge in [-0.1, -0.05) is 19.6 Å². The van der Waals surface area contributed by atoms with Gasteiger partial charge >= 0.3 is 0 Å². The van der Waals surface area contributed by atoms with Crippen molar-refractivity contribution in [3.8, 4) is 0 Å². The van der Waals surface area contributed by atoms with Crippen LogP contribution in [-0.2, 0) is 14.3 Å². The van der Waals surface area contributed by atoms with Crippen LogP contribution < -0.4 is 10.6 Å². The van der Waals surface area contributed by atoms with Crippen LogP contribution in [0.4, 0.5) is 0 Å². The fourth-order valence-corrected chi connectivity index (χ4v) is 1.80. The normalized spacial score (nSPS) is 19.9. The van der Waals surface area contributed by atoms with E-state index in [0.717, 1.165) is 12.1 Å². The Bertz CT molecular complexity index is 438. The first-order chi connectivity index (χ1) is 9.56. The minimum absolute atomic E-state index is 0.222. The minimum atomic E-state index is -0.408. The first-order valence-electron chi connectivity index (χ1n) is 6.83. The lowest BCUT2D eigenvalue weighted by Crippen LogP contribution is -2.50. The highest BCUT2D eigenvalue weighted by Crippen LogP contribution is 2.09. The van der Waals surface area contributed by atoms with Crippen LogP contribution in [0.5, 0.6) is 0 Å². The van der Waals surface area contributed by atoms with Crippen molar-refractivity contribution < 1.29 is 14.3 Å². The summed E-state index contributed by atoms with van der Waals surface area (Å²) < 4.78 is 5.40. The van der Waals surface area contributed by atoms with Crippen LogP contribution in [0.15, 0.2) is 36.3 Å². The van der Waals surface area contributed by atoms with E-state index in [1.54, 1.807) is 6.08 Å². The van der Waals surface area contributed by atoms with Gasteiger partial charge in [0.25, 0.3) is 0 Å². The largest absolute Gasteiger partial charge is 0.494 e. The molecule has 2 N–H and O–H groups in total. The van der Waals surface area contributed by atoms with E-state index in [0.29, 0.717) is 25.2 Å². The Balaban J connectivity index is 2.67. The summed E-state index contributed by atoms with van der Waals surface area (Å²) in [6.07, 6.45) is 7.19. The second-order valence-corrected chi connectivity index (χ2v) is 4.56. The van der Waals surface area contributed by atoms with Gasteiger partial charge in [-0.3, -0.25) is 14.9 Å². The summed E-state index contributed by atoms with van der Waals surface area (Å²) in [7, 11) is 0. The van der Waals surface area contributed by atoms with E-state index in [1.807, 2.05) is 26.0 Å². The molecule has 1 atom stereocenters. The molecule has 1 saturated heterocycles. The Kier molecular flexibility index (Phi) is 6.56. The van der Waals surface area contributed by atoms with Crippen molar-refractivity contribution in [1.82, 2.24) is 10.6 Å². The van der Waals surface area contributed by atoms with Gasteiger partial charge in [0.15, 0.2) is 0 Å². The number of piperidine rings is 1. The molecule has 0 bridgehead atoms. The third-order valence-electron chi connectivity index (χ3n) is 2.73. The zero-order chi connectivity index (χ0) is 15.0. The molecule has 0 saturated carbocycles. The van der Waals surface area contributed by atoms with Gasteiger partial charge in [-0.15, -0.1) is 0 Å². The fourth-order valence-electron chi connectivity index (χ4n) is 1.80. The second kappa shape index (κ2) is 8.19. The topological polar surface area (TPSA) is 67.4 Å². The summed E-state index contributed by atoms with van der Waals surface area (Å²) in [5.41, 5.74) is 0.739. The van der Waals surface area contributed by atoms with Gasteiger partial charge in [0, 0.05) is 18.2 Å². The summed E-state index contributed by atoms with van der Waals surface area (Å²) in [5.74, 6) is 0.0248. The van der Waals surface area contributed by atoms with Crippen molar-refractivity contribution in [2.45, 2.75) is 39.2 Å². The van der Waals surface area contributed by atoms with E-state index in [4.69, 9.17) is 4.74 Å². The van der Waals surface area contributed by atoms with E-state index in [1.165, 1.54) is 0 Å². The maximum absolute atomic E-state index is 11.7. The van der Waals surface area contributed by atoms with Crippen molar-refractivity contribution in [1.29, 1.82) is 0 Å². The predicted molar refractivity (Wildman–Crippen MR) is 77.6 cm³/mol. The number of ether oxygens (including phenoxy) is 1. The Morgan fingerprint density at radius 3 is 2.90 bits per heavy atom. The van der Waals surface area contributed by atoms with Crippen molar-refractivity contribution in [2.24, 2.45) is 0 Å². The molecule has 0 aromatic rings. The highest BCUT2D eigenvalue weighted by Gasteiger charge is 2.26. The van der Waals surface area contributed by atoms with E-state index in [2.05, 4.69) is 17.2 Å². The molecule has 20 heavy (non-hydrogen) atoms. The summed E-state index contributed by atoms with van der Waals surface area (Å²) in [5, 5.41) is 5.42. The van der Waals surface area contributed by atoms with E-state index >= 15 is 0 Å². The molecule has 5 heteroatoms. The fraction of sp³-hybridized carbons (Fsp3) is 0.467. The van der Waals surface area contributed by atoms with Crippen LogP contribution in [-0.4, -0.2) is 24.5 Å². The van der Waals surface area contributed by atoms with Crippen molar-refractivity contribution in [2.75, 3.05) is 6.61 Å². The lowest BCUT2D eigenvalue weighted by molar-refractivity contribution is -0.134. The number of nitrogens with one attached hydrogen (secondary N) is 2. The third kappa shape index (κ3) is 5.30. The summed E-state index contributed by atoms with van der Waals surface area (Å²) in [4.78, 5) is 22.8. The van der Waals surface area contributed by atoms with Crippen LogP contribution in [0.1, 0.15) is 33.1 Å². The average molecular weight is 278 g/mol. The Labute approximate surface area is 119 Å². The molecule has 0 radical (unpaired) electrons. The number of hydrogen-bond donors (Lipinski definition) is 2. The van der Waals surface area contributed by atoms with Gasteiger partial charge in [-0.05, 0) is 25.8 Å².